The Kier molecular flexibility index (Phi) is 5.51. The molecule has 100 valence electrons. The largest absolute Gasteiger partial charge is 0.481 e. The van der Waals surface area contributed by atoms with E-state index in [0.717, 1.165) is 12.8 Å². The Bertz CT molecular complexity index is 468. The van der Waals surface area contributed by atoms with Gasteiger partial charge in [0.1, 0.15) is 5.69 Å². The number of unbranched alkanes of at least 4 members (excludes halogenated alkanes) is 1. The summed E-state index contributed by atoms with van der Waals surface area (Å²) in [5.41, 5.74) is 6.96. The molecule has 0 unspecified atom stereocenters. The van der Waals surface area contributed by atoms with Crippen molar-refractivity contribution in [1.29, 1.82) is 0 Å². The monoisotopic (exact) mass is 253 g/mol. The second-order valence-electron chi connectivity index (χ2n) is 4.22. The van der Waals surface area contributed by atoms with Crippen LogP contribution in [0.5, 0.6) is 0 Å². The van der Waals surface area contributed by atoms with E-state index in [9.17, 15) is 9.59 Å². The van der Waals surface area contributed by atoms with E-state index in [4.69, 9.17) is 10.8 Å². The van der Waals surface area contributed by atoms with Gasteiger partial charge in [0.25, 0.3) is 5.56 Å². The van der Waals surface area contributed by atoms with Crippen LogP contribution in [0.3, 0.4) is 0 Å². The summed E-state index contributed by atoms with van der Waals surface area (Å²) in [4.78, 5) is 29.2. The number of carboxylic acids is 1. The lowest BCUT2D eigenvalue weighted by Crippen LogP contribution is -2.20. The van der Waals surface area contributed by atoms with Crippen molar-refractivity contribution in [2.75, 3.05) is 6.54 Å². The van der Waals surface area contributed by atoms with E-state index in [2.05, 4.69) is 9.97 Å². The molecule has 6 nitrogen and oxygen atoms in total. The minimum Gasteiger partial charge on any atom is -0.481 e. The summed E-state index contributed by atoms with van der Waals surface area (Å²) in [5.74, 6) is -0.887. The van der Waals surface area contributed by atoms with E-state index in [0.29, 0.717) is 36.5 Å². The van der Waals surface area contributed by atoms with Gasteiger partial charge in [-0.25, -0.2) is 0 Å². The van der Waals surface area contributed by atoms with Gasteiger partial charge in [-0.3, -0.25) is 14.6 Å². The third-order valence-electron chi connectivity index (χ3n) is 2.72. The zero-order chi connectivity index (χ0) is 13.5. The van der Waals surface area contributed by atoms with Crippen molar-refractivity contribution in [3.63, 3.8) is 0 Å². The highest BCUT2D eigenvalue weighted by atomic mass is 16.4. The predicted molar refractivity (Wildman–Crippen MR) is 67.5 cm³/mol. The Hall–Kier alpha value is -1.69. The first kappa shape index (κ1) is 14.4. The van der Waals surface area contributed by atoms with E-state index in [1.165, 1.54) is 0 Å². The normalized spacial score (nSPS) is 10.6. The number of aliphatic carboxylic acids is 1. The number of rotatable bonds is 7. The topological polar surface area (TPSA) is 109 Å². The first-order valence-corrected chi connectivity index (χ1v) is 6.05. The molecule has 0 bridgehead atoms. The average Bonchev–Trinajstić information content (AvgIpc) is 2.31. The Labute approximate surface area is 105 Å². The average molecular weight is 253 g/mol. The lowest BCUT2D eigenvalue weighted by molar-refractivity contribution is -0.136. The maximum atomic E-state index is 11.7. The lowest BCUT2D eigenvalue weighted by atomic mass is 10.1. The van der Waals surface area contributed by atoms with Gasteiger partial charge in [-0.2, -0.15) is 0 Å². The van der Waals surface area contributed by atoms with Crippen molar-refractivity contribution >= 4 is 5.97 Å². The van der Waals surface area contributed by atoms with Crippen molar-refractivity contribution < 1.29 is 9.90 Å². The van der Waals surface area contributed by atoms with Crippen LogP contribution < -0.4 is 11.3 Å². The minimum absolute atomic E-state index is 0.00895. The minimum atomic E-state index is -0.887. The fraction of sp³-hybridized carbons (Fsp3) is 0.583. The SMILES string of the molecule is Cc1nc(CCCCN)c(=O)[nH]c1CCC(=O)O. The Morgan fingerprint density at radius 1 is 1.39 bits per heavy atom. The number of nitrogens with one attached hydrogen (secondary N) is 1. The van der Waals surface area contributed by atoms with Gasteiger partial charge in [-0.1, -0.05) is 0 Å². The number of aromatic nitrogens is 2. The maximum Gasteiger partial charge on any atom is 0.303 e. The van der Waals surface area contributed by atoms with Gasteiger partial charge in [-0.05, 0) is 39.2 Å². The summed E-state index contributed by atoms with van der Waals surface area (Å²) in [6.07, 6.45) is 2.59. The number of nitrogens with zero attached hydrogens (tertiary/aromatic N) is 1. The molecule has 0 saturated heterocycles. The second-order valence-corrected chi connectivity index (χ2v) is 4.22. The van der Waals surface area contributed by atoms with Crippen LogP contribution >= 0.6 is 0 Å². The molecule has 0 atom stereocenters. The van der Waals surface area contributed by atoms with Crippen molar-refractivity contribution in [2.24, 2.45) is 5.73 Å². The van der Waals surface area contributed by atoms with Crippen LogP contribution in [0, 0.1) is 6.92 Å². The summed E-state index contributed by atoms with van der Waals surface area (Å²) >= 11 is 0. The van der Waals surface area contributed by atoms with Crippen molar-refractivity contribution in [3.8, 4) is 0 Å². The molecule has 0 aliphatic rings. The van der Waals surface area contributed by atoms with Gasteiger partial charge in [-0.15, -0.1) is 0 Å². The molecule has 0 aliphatic carbocycles. The summed E-state index contributed by atoms with van der Waals surface area (Å²) in [6, 6.07) is 0. The maximum absolute atomic E-state index is 11.7. The molecule has 18 heavy (non-hydrogen) atoms. The number of hydrogen-bond acceptors (Lipinski definition) is 4. The summed E-state index contributed by atoms with van der Waals surface area (Å²) in [5, 5.41) is 8.61. The molecule has 0 aromatic carbocycles. The molecule has 0 amide bonds. The van der Waals surface area contributed by atoms with Crippen LogP contribution in [0.1, 0.15) is 36.3 Å². The summed E-state index contributed by atoms with van der Waals surface area (Å²) in [6.45, 7) is 2.38. The molecule has 1 heterocycles. The van der Waals surface area contributed by atoms with Crippen LogP contribution in [0.25, 0.3) is 0 Å². The fourth-order valence-corrected chi connectivity index (χ4v) is 1.70. The molecule has 1 rings (SSSR count). The third-order valence-corrected chi connectivity index (χ3v) is 2.72. The highest BCUT2D eigenvalue weighted by Gasteiger charge is 2.08. The molecule has 0 radical (unpaired) electrons. The van der Waals surface area contributed by atoms with E-state index < -0.39 is 5.97 Å². The zero-order valence-electron chi connectivity index (χ0n) is 10.5. The number of nitrogens with two attached hydrogens (primary N) is 1. The van der Waals surface area contributed by atoms with Crippen LogP contribution in [0.15, 0.2) is 4.79 Å². The van der Waals surface area contributed by atoms with Crippen molar-refractivity contribution in [2.45, 2.75) is 39.0 Å². The molecule has 6 heteroatoms. The second kappa shape index (κ2) is 6.90. The van der Waals surface area contributed by atoms with Gasteiger partial charge < -0.3 is 15.8 Å². The molecular weight excluding hydrogens is 234 g/mol. The molecule has 0 fully saturated rings. The van der Waals surface area contributed by atoms with Crippen LogP contribution in [0.4, 0.5) is 0 Å². The van der Waals surface area contributed by atoms with Gasteiger partial charge >= 0.3 is 5.97 Å². The fourth-order valence-electron chi connectivity index (χ4n) is 1.70. The first-order valence-electron chi connectivity index (χ1n) is 6.05. The molecular formula is C12H19N3O3. The highest BCUT2D eigenvalue weighted by Crippen LogP contribution is 2.05. The van der Waals surface area contributed by atoms with E-state index in [1.807, 2.05) is 0 Å². The smallest absolute Gasteiger partial charge is 0.303 e. The van der Waals surface area contributed by atoms with Crippen LogP contribution in [0.2, 0.25) is 0 Å². The number of H-pyrrole nitrogens is 1. The molecule has 0 aliphatic heterocycles. The van der Waals surface area contributed by atoms with Gasteiger partial charge in [0.05, 0.1) is 12.1 Å². The van der Waals surface area contributed by atoms with Crippen LogP contribution in [-0.2, 0) is 17.6 Å². The van der Waals surface area contributed by atoms with Gasteiger partial charge in [0.15, 0.2) is 0 Å². The van der Waals surface area contributed by atoms with Gasteiger partial charge in [0.2, 0.25) is 0 Å². The molecule has 0 spiro atoms. The first-order chi connectivity index (χ1) is 8.54. The van der Waals surface area contributed by atoms with E-state index >= 15 is 0 Å². The van der Waals surface area contributed by atoms with Crippen molar-refractivity contribution in [3.05, 3.63) is 27.4 Å². The standard InChI is InChI=1S/C12H19N3O3/c1-8-9(5-6-11(16)17)15-12(18)10(14-8)4-2-3-7-13/h2-7,13H2,1H3,(H,15,18)(H,16,17). The van der Waals surface area contributed by atoms with E-state index in [1.54, 1.807) is 6.92 Å². The number of aryl methyl sites for hydroxylation is 3. The number of aromatic amines is 1. The summed E-state index contributed by atoms with van der Waals surface area (Å²) in [7, 11) is 0. The Morgan fingerprint density at radius 2 is 2.11 bits per heavy atom. The third kappa shape index (κ3) is 4.29. The zero-order valence-corrected chi connectivity index (χ0v) is 10.5. The quantitative estimate of drug-likeness (QED) is 0.608. The number of carboxylic acid groups (broad SMARTS) is 1. The Morgan fingerprint density at radius 3 is 2.72 bits per heavy atom. The molecule has 0 saturated carbocycles. The van der Waals surface area contributed by atoms with E-state index in [-0.39, 0.29) is 12.0 Å². The number of hydrogen-bond donors (Lipinski definition) is 3. The highest BCUT2D eigenvalue weighted by molar-refractivity contribution is 5.67. The Balaban J connectivity index is 2.77. The van der Waals surface area contributed by atoms with Gasteiger partial charge in [0, 0.05) is 5.69 Å². The molecule has 4 N–H and O–H groups in total. The van der Waals surface area contributed by atoms with Crippen LogP contribution in [-0.4, -0.2) is 27.6 Å². The predicted octanol–water partition coefficient (Wildman–Crippen LogP) is 0.377. The number of carbonyl (C=O) groups is 1. The lowest BCUT2D eigenvalue weighted by Gasteiger charge is -2.06. The molecule has 1 aromatic heterocycles. The van der Waals surface area contributed by atoms with Crippen molar-refractivity contribution in [1.82, 2.24) is 9.97 Å². The molecule has 1 aromatic rings. The summed E-state index contributed by atoms with van der Waals surface area (Å²) < 4.78 is 0.